The van der Waals surface area contributed by atoms with Crippen LogP contribution < -0.4 is 10.1 Å². The van der Waals surface area contributed by atoms with Gasteiger partial charge in [0.2, 0.25) is 5.91 Å². The number of aliphatic hydroxyl groups is 1. The Labute approximate surface area is 136 Å². The molecule has 0 saturated heterocycles. The molecule has 0 heterocycles. The summed E-state index contributed by atoms with van der Waals surface area (Å²) in [5.74, 6) is 1.07. The second kappa shape index (κ2) is 6.84. The monoisotopic (exact) mass is 311 g/mol. The van der Waals surface area contributed by atoms with Crippen LogP contribution >= 0.6 is 0 Å². The van der Waals surface area contributed by atoms with Crippen LogP contribution in [-0.4, -0.2) is 24.7 Å². The first-order valence-corrected chi connectivity index (χ1v) is 7.83. The SMILES string of the molecule is COc1ccc([C@H]2C[C@@H]2C(=O)NC(CO)c2ccccc2)cc1. The average molecular weight is 311 g/mol. The van der Waals surface area contributed by atoms with Crippen molar-refractivity contribution in [2.75, 3.05) is 13.7 Å². The molecule has 0 spiro atoms. The maximum atomic E-state index is 12.4. The van der Waals surface area contributed by atoms with Gasteiger partial charge in [-0.15, -0.1) is 0 Å². The van der Waals surface area contributed by atoms with Crippen LogP contribution in [0.25, 0.3) is 0 Å². The molecule has 0 radical (unpaired) electrons. The Kier molecular flexibility index (Phi) is 4.63. The van der Waals surface area contributed by atoms with Gasteiger partial charge in [0.25, 0.3) is 0 Å². The highest BCUT2D eigenvalue weighted by molar-refractivity contribution is 5.83. The van der Waals surface area contributed by atoms with E-state index >= 15 is 0 Å². The fraction of sp³-hybridized carbons (Fsp3) is 0.316. The summed E-state index contributed by atoms with van der Waals surface area (Å²) < 4.78 is 5.15. The third-order valence-corrected chi connectivity index (χ3v) is 4.37. The van der Waals surface area contributed by atoms with E-state index in [1.54, 1.807) is 7.11 Å². The lowest BCUT2D eigenvalue weighted by atomic mass is 10.1. The number of carbonyl (C=O) groups is 1. The maximum absolute atomic E-state index is 12.4. The minimum atomic E-state index is -0.346. The summed E-state index contributed by atoms with van der Waals surface area (Å²) in [4.78, 5) is 12.4. The number of benzene rings is 2. The summed E-state index contributed by atoms with van der Waals surface area (Å²) in [6.45, 7) is -0.102. The number of methoxy groups -OCH3 is 1. The third-order valence-electron chi connectivity index (χ3n) is 4.37. The summed E-state index contributed by atoms with van der Waals surface area (Å²) in [7, 11) is 1.64. The third kappa shape index (κ3) is 3.54. The Balaban J connectivity index is 1.61. The van der Waals surface area contributed by atoms with Gasteiger partial charge in [0.15, 0.2) is 0 Å². The van der Waals surface area contributed by atoms with E-state index in [0.29, 0.717) is 0 Å². The van der Waals surface area contributed by atoms with E-state index in [1.165, 1.54) is 0 Å². The first-order valence-electron chi connectivity index (χ1n) is 7.83. The molecule has 120 valence electrons. The van der Waals surface area contributed by atoms with Gasteiger partial charge >= 0.3 is 0 Å². The van der Waals surface area contributed by atoms with Crippen LogP contribution in [-0.2, 0) is 4.79 Å². The molecular weight excluding hydrogens is 290 g/mol. The highest BCUT2D eigenvalue weighted by Gasteiger charge is 2.44. The van der Waals surface area contributed by atoms with E-state index in [2.05, 4.69) is 5.32 Å². The van der Waals surface area contributed by atoms with Crippen LogP contribution in [0.3, 0.4) is 0 Å². The molecule has 1 aliphatic carbocycles. The van der Waals surface area contributed by atoms with Crippen molar-refractivity contribution in [3.8, 4) is 5.75 Å². The first-order chi connectivity index (χ1) is 11.2. The van der Waals surface area contributed by atoms with Crippen LogP contribution in [0.2, 0.25) is 0 Å². The van der Waals surface area contributed by atoms with Crippen molar-refractivity contribution in [1.29, 1.82) is 0 Å². The predicted molar refractivity (Wildman–Crippen MR) is 88.3 cm³/mol. The number of hydrogen-bond acceptors (Lipinski definition) is 3. The minimum absolute atomic E-state index is 0.00808. The standard InChI is InChI=1S/C19H21NO3/c1-23-15-9-7-13(8-10-15)16-11-17(16)19(22)20-18(12-21)14-5-3-2-4-6-14/h2-10,16-18,21H,11-12H2,1H3,(H,20,22)/t16-,17+,18?/m1/s1. The topological polar surface area (TPSA) is 58.6 Å². The van der Waals surface area contributed by atoms with Crippen LogP contribution in [0.15, 0.2) is 54.6 Å². The zero-order valence-corrected chi connectivity index (χ0v) is 13.1. The summed E-state index contributed by atoms with van der Waals surface area (Å²) in [6, 6.07) is 17.1. The van der Waals surface area contributed by atoms with Crippen LogP contribution in [0, 0.1) is 5.92 Å². The quantitative estimate of drug-likeness (QED) is 0.862. The zero-order chi connectivity index (χ0) is 16.2. The second-order valence-corrected chi connectivity index (χ2v) is 5.88. The van der Waals surface area contributed by atoms with Crippen LogP contribution in [0.1, 0.15) is 29.5 Å². The Morgan fingerprint density at radius 3 is 2.52 bits per heavy atom. The van der Waals surface area contributed by atoms with Crippen molar-refractivity contribution in [3.05, 3.63) is 65.7 Å². The van der Waals surface area contributed by atoms with Crippen LogP contribution in [0.4, 0.5) is 0 Å². The van der Waals surface area contributed by atoms with E-state index in [-0.39, 0.29) is 30.4 Å². The average Bonchev–Trinajstić information content (AvgIpc) is 3.41. The normalized spacial score (nSPS) is 20.6. The van der Waals surface area contributed by atoms with Crippen molar-refractivity contribution >= 4 is 5.91 Å². The van der Waals surface area contributed by atoms with Gasteiger partial charge in [0.05, 0.1) is 19.8 Å². The number of ether oxygens (including phenoxy) is 1. The Hall–Kier alpha value is -2.33. The lowest BCUT2D eigenvalue weighted by molar-refractivity contribution is -0.123. The molecule has 3 atom stereocenters. The number of hydrogen-bond donors (Lipinski definition) is 2. The first kappa shape index (κ1) is 15.6. The van der Waals surface area contributed by atoms with E-state index in [0.717, 1.165) is 23.3 Å². The van der Waals surface area contributed by atoms with E-state index in [4.69, 9.17) is 4.74 Å². The van der Waals surface area contributed by atoms with E-state index in [9.17, 15) is 9.90 Å². The van der Waals surface area contributed by atoms with Crippen LogP contribution in [0.5, 0.6) is 5.75 Å². The lowest BCUT2D eigenvalue weighted by Crippen LogP contribution is -2.32. The highest BCUT2D eigenvalue weighted by atomic mass is 16.5. The Morgan fingerprint density at radius 1 is 1.22 bits per heavy atom. The van der Waals surface area contributed by atoms with Gasteiger partial charge in [-0.25, -0.2) is 0 Å². The Bertz CT molecular complexity index is 654. The molecule has 0 bridgehead atoms. The fourth-order valence-corrected chi connectivity index (χ4v) is 2.90. The van der Waals surface area contributed by atoms with E-state index in [1.807, 2.05) is 54.6 Å². The molecule has 3 rings (SSSR count). The number of carbonyl (C=O) groups excluding carboxylic acids is 1. The van der Waals surface area contributed by atoms with E-state index < -0.39 is 0 Å². The fourth-order valence-electron chi connectivity index (χ4n) is 2.90. The van der Waals surface area contributed by atoms with Gasteiger partial charge in [-0.1, -0.05) is 42.5 Å². The molecule has 1 unspecified atom stereocenters. The molecule has 2 N–H and O–H groups in total. The number of rotatable bonds is 6. The number of amides is 1. The van der Waals surface area contributed by atoms with Crippen molar-refractivity contribution in [2.45, 2.75) is 18.4 Å². The molecule has 23 heavy (non-hydrogen) atoms. The predicted octanol–water partition coefficient (Wildman–Crippen LogP) is 2.65. The molecule has 2 aromatic carbocycles. The zero-order valence-electron chi connectivity index (χ0n) is 13.1. The number of nitrogens with one attached hydrogen (secondary N) is 1. The Morgan fingerprint density at radius 2 is 1.91 bits per heavy atom. The van der Waals surface area contributed by atoms with Gasteiger partial charge in [0.1, 0.15) is 5.75 Å². The smallest absolute Gasteiger partial charge is 0.224 e. The number of aliphatic hydroxyl groups excluding tert-OH is 1. The molecule has 4 nitrogen and oxygen atoms in total. The molecule has 1 amide bonds. The molecule has 2 aromatic rings. The molecule has 1 saturated carbocycles. The van der Waals surface area contributed by atoms with Gasteiger partial charge in [0, 0.05) is 5.92 Å². The van der Waals surface area contributed by atoms with Gasteiger partial charge in [-0.2, -0.15) is 0 Å². The summed E-state index contributed by atoms with van der Waals surface area (Å²) in [5.41, 5.74) is 2.08. The molecule has 4 heteroatoms. The molecule has 0 aliphatic heterocycles. The van der Waals surface area contributed by atoms with Crippen molar-refractivity contribution in [1.82, 2.24) is 5.32 Å². The molecule has 1 aliphatic rings. The second-order valence-electron chi connectivity index (χ2n) is 5.88. The molecule has 1 fully saturated rings. The summed E-state index contributed by atoms with van der Waals surface area (Å²) >= 11 is 0. The van der Waals surface area contributed by atoms with Gasteiger partial charge in [-0.05, 0) is 35.6 Å². The lowest BCUT2D eigenvalue weighted by Gasteiger charge is -2.16. The minimum Gasteiger partial charge on any atom is -0.497 e. The summed E-state index contributed by atoms with van der Waals surface area (Å²) in [5, 5.41) is 12.5. The molecule has 0 aromatic heterocycles. The van der Waals surface area contributed by atoms with Gasteiger partial charge in [-0.3, -0.25) is 4.79 Å². The largest absolute Gasteiger partial charge is 0.497 e. The summed E-state index contributed by atoms with van der Waals surface area (Å²) in [6.07, 6.45) is 0.852. The molecular formula is C19H21NO3. The van der Waals surface area contributed by atoms with Gasteiger partial charge < -0.3 is 15.2 Å². The van der Waals surface area contributed by atoms with Crippen molar-refractivity contribution in [3.63, 3.8) is 0 Å². The van der Waals surface area contributed by atoms with Crippen molar-refractivity contribution < 1.29 is 14.6 Å². The highest BCUT2D eigenvalue weighted by Crippen LogP contribution is 2.48. The van der Waals surface area contributed by atoms with Crippen molar-refractivity contribution in [2.24, 2.45) is 5.92 Å². The maximum Gasteiger partial charge on any atom is 0.224 e.